The lowest BCUT2D eigenvalue weighted by Crippen LogP contribution is -2.49. The monoisotopic (exact) mass is 382 g/mol. The van der Waals surface area contributed by atoms with Gasteiger partial charge in [0, 0.05) is 19.1 Å². The predicted octanol–water partition coefficient (Wildman–Crippen LogP) is 3.16. The van der Waals surface area contributed by atoms with Crippen LogP contribution in [0.25, 0.3) is 0 Å². The average molecular weight is 383 g/mol. The number of carbonyl (C=O) groups excluding carboxylic acids is 1. The van der Waals surface area contributed by atoms with Crippen LogP contribution in [0.5, 0.6) is 0 Å². The van der Waals surface area contributed by atoms with Crippen molar-refractivity contribution in [2.75, 3.05) is 19.6 Å². The summed E-state index contributed by atoms with van der Waals surface area (Å²) in [7, 11) is -3.83. The van der Waals surface area contributed by atoms with E-state index < -0.39 is 15.8 Å². The summed E-state index contributed by atoms with van der Waals surface area (Å²) >= 11 is 0. The second-order valence-corrected chi connectivity index (χ2v) is 9.13. The highest BCUT2D eigenvalue weighted by Gasteiger charge is 2.35. The number of sulfonamides is 1. The Labute approximate surface area is 155 Å². The van der Waals surface area contributed by atoms with Crippen LogP contribution in [0.15, 0.2) is 29.2 Å². The molecule has 0 aromatic heterocycles. The Morgan fingerprint density at radius 3 is 2.19 bits per heavy atom. The van der Waals surface area contributed by atoms with E-state index in [1.807, 2.05) is 0 Å². The van der Waals surface area contributed by atoms with Crippen molar-refractivity contribution in [3.63, 3.8) is 0 Å². The van der Waals surface area contributed by atoms with Gasteiger partial charge >= 0.3 is 0 Å². The minimum atomic E-state index is -3.83. The molecule has 1 aromatic rings. The summed E-state index contributed by atoms with van der Waals surface area (Å²) < 4.78 is 41.0. The fourth-order valence-corrected chi connectivity index (χ4v) is 5.53. The maximum Gasteiger partial charge on any atom is 0.243 e. The van der Waals surface area contributed by atoms with E-state index in [2.05, 4.69) is 0 Å². The van der Waals surface area contributed by atoms with Crippen LogP contribution in [0, 0.1) is 5.82 Å². The van der Waals surface area contributed by atoms with Gasteiger partial charge in [-0.15, -0.1) is 0 Å². The lowest BCUT2D eigenvalue weighted by atomic mass is 9.95. The molecule has 5 nitrogen and oxygen atoms in total. The molecule has 0 N–H and O–H groups in total. The van der Waals surface area contributed by atoms with Crippen molar-refractivity contribution in [1.82, 2.24) is 9.21 Å². The van der Waals surface area contributed by atoms with Crippen molar-refractivity contribution in [1.29, 1.82) is 0 Å². The first kappa shape index (κ1) is 19.3. The Morgan fingerprint density at radius 2 is 1.58 bits per heavy atom. The zero-order valence-corrected chi connectivity index (χ0v) is 15.9. The first-order valence-corrected chi connectivity index (χ1v) is 11.0. The van der Waals surface area contributed by atoms with Gasteiger partial charge in [0.05, 0.1) is 11.4 Å². The topological polar surface area (TPSA) is 57.7 Å². The molecular weight excluding hydrogens is 355 g/mol. The minimum Gasteiger partial charge on any atom is -0.342 e. The molecule has 1 aromatic carbocycles. The summed E-state index contributed by atoms with van der Waals surface area (Å²) in [6.45, 7) is 1.28. The van der Waals surface area contributed by atoms with Crippen LogP contribution in [0.1, 0.15) is 51.4 Å². The fraction of sp³-hybridized carbons (Fsp3) is 0.632. The molecule has 0 spiro atoms. The molecule has 144 valence electrons. The Kier molecular flexibility index (Phi) is 6.29. The largest absolute Gasteiger partial charge is 0.342 e. The molecule has 0 radical (unpaired) electrons. The van der Waals surface area contributed by atoms with Crippen molar-refractivity contribution in [2.24, 2.45) is 0 Å². The Hall–Kier alpha value is -1.47. The van der Waals surface area contributed by atoms with E-state index in [-0.39, 0.29) is 23.4 Å². The number of hydrogen-bond donors (Lipinski definition) is 0. The van der Waals surface area contributed by atoms with E-state index in [1.54, 1.807) is 4.90 Å². The van der Waals surface area contributed by atoms with Crippen molar-refractivity contribution < 1.29 is 17.6 Å². The molecule has 0 atom stereocenters. The van der Waals surface area contributed by atoms with Crippen molar-refractivity contribution >= 4 is 15.9 Å². The maximum atomic E-state index is 13.2. The second kappa shape index (κ2) is 8.48. The Bertz CT molecular complexity index is 709. The number of amides is 1. The number of benzene rings is 1. The highest BCUT2D eigenvalue weighted by Crippen LogP contribution is 2.28. The quantitative estimate of drug-likeness (QED) is 0.786. The van der Waals surface area contributed by atoms with Crippen molar-refractivity contribution in [3.8, 4) is 0 Å². The number of halogens is 1. The van der Waals surface area contributed by atoms with E-state index in [1.165, 1.54) is 16.4 Å². The van der Waals surface area contributed by atoms with Gasteiger partial charge < -0.3 is 4.90 Å². The third-order valence-electron chi connectivity index (χ3n) is 5.40. The number of hydrogen-bond acceptors (Lipinski definition) is 3. The molecule has 2 aliphatic rings. The van der Waals surface area contributed by atoms with Crippen LogP contribution in [-0.2, 0) is 14.8 Å². The van der Waals surface area contributed by atoms with E-state index in [0.717, 1.165) is 63.5 Å². The number of piperidine rings is 1. The number of carbonyl (C=O) groups is 1. The van der Waals surface area contributed by atoms with Gasteiger partial charge in [0.25, 0.3) is 0 Å². The average Bonchev–Trinajstić information content (AvgIpc) is 2.67. The van der Waals surface area contributed by atoms with Gasteiger partial charge in [-0.1, -0.05) is 19.3 Å². The molecule has 2 fully saturated rings. The van der Waals surface area contributed by atoms with Crippen LogP contribution in [0.4, 0.5) is 4.39 Å². The summed E-state index contributed by atoms with van der Waals surface area (Å²) in [5, 5.41) is 0. The zero-order chi connectivity index (χ0) is 18.6. The van der Waals surface area contributed by atoms with Crippen LogP contribution in [-0.4, -0.2) is 49.2 Å². The molecular formula is C19H27FN2O3S. The molecule has 1 aliphatic heterocycles. The SMILES string of the molecule is O=C(CN(C1CCCCC1)S(=O)(=O)c1ccc(F)cc1)N1CCCCC1. The van der Waals surface area contributed by atoms with Gasteiger partial charge in [-0.05, 0) is 56.4 Å². The minimum absolute atomic E-state index is 0.0518. The predicted molar refractivity (Wildman–Crippen MR) is 97.6 cm³/mol. The standard InChI is InChI=1S/C19H27FN2O3S/c20-16-9-11-18(12-10-16)26(24,25)22(17-7-3-1-4-8-17)15-19(23)21-13-5-2-6-14-21/h9-12,17H,1-8,13-15H2. The smallest absolute Gasteiger partial charge is 0.243 e. The lowest BCUT2D eigenvalue weighted by molar-refractivity contribution is -0.132. The van der Waals surface area contributed by atoms with Gasteiger partial charge in [0.15, 0.2) is 0 Å². The first-order valence-electron chi connectivity index (χ1n) is 9.54. The van der Waals surface area contributed by atoms with Crippen LogP contribution >= 0.6 is 0 Å². The third-order valence-corrected chi connectivity index (χ3v) is 7.31. The first-order chi connectivity index (χ1) is 12.5. The second-order valence-electron chi connectivity index (χ2n) is 7.24. The zero-order valence-electron chi connectivity index (χ0n) is 15.1. The molecule has 1 saturated heterocycles. The molecule has 0 unspecified atom stereocenters. The summed E-state index contributed by atoms with van der Waals surface area (Å²) in [5.74, 6) is -0.599. The van der Waals surface area contributed by atoms with Gasteiger partial charge in [-0.2, -0.15) is 4.31 Å². The molecule has 1 saturated carbocycles. The molecule has 1 heterocycles. The molecule has 7 heteroatoms. The summed E-state index contributed by atoms with van der Waals surface area (Å²) in [6.07, 6.45) is 7.64. The molecule has 0 bridgehead atoms. The highest BCUT2D eigenvalue weighted by molar-refractivity contribution is 7.89. The van der Waals surface area contributed by atoms with Crippen LogP contribution < -0.4 is 0 Å². The molecule has 26 heavy (non-hydrogen) atoms. The van der Waals surface area contributed by atoms with E-state index in [9.17, 15) is 17.6 Å². The number of rotatable bonds is 5. The van der Waals surface area contributed by atoms with Crippen molar-refractivity contribution in [3.05, 3.63) is 30.1 Å². The molecule has 1 aliphatic carbocycles. The van der Waals surface area contributed by atoms with Crippen LogP contribution in [0.2, 0.25) is 0 Å². The van der Waals surface area contributed by atoms with Crippen molar-refractivity contribution in [2.45, 2.75) is 62.3 Å². The summed E-state index contributed by atoms with van der Waals surface area (Å²) in [5.41, 5.74) is 0. The van der Waals surface area contributed by atoms with Crippen LogP contribution in [0.3, 0.4) is 0 Å². The van der Waals surface area contributed by atoms with Gasteiger partial charge in [0.2, 0.25) is 15.9 Å². The number of likely N-dealkylation sites (tertiary alicyclic amines) is 1. The molecule has 1 amide bonds. The third kappa shape index (κ3) is 4.43. The normalized spacial score (nSPS) is 19.7. The number of nitrogens with zero attached hydrogens (tertiary/aromatic N) is 2. The van der Waals surface area contributed by atoms with E-state index >= 15 is 0 Å². The lowest BCUT2D eigenvalue weighted by Gasteiger charge is -2.35. The van der Waals surface area contributed by atoms with E-state index in [0.29, 0.717) is 13.1 Å². The maximum absolute atomic E-state index is 13.2. The Balaban J connectivity index is 1.84. The van der Waals surface area contributed by atoms with Gasteiger partial charge in [-0.25, -0.2) is 12.8 Å². The molecule has 3 rings (SSSR count). The van der Waals surface area contributed by atoms with E-state index in [4.69, 9.17) is 0 Å². The Morgan fingerprint density at radius 1 is 1.00 bits per heavy atom. The van der Waals surface area contributed by atoms with Gasteiger partial charge in [-0.3, -0.25) is 4.79 Å². The summed E-state index contributed by atoms with van der Waals surface area (Å²) in [4.78, 5) is 14.6. The fourth-order valence-electron chi connectivity index (χ4n) is 3.90. The van der Waals surface area contributed by atoms with Gasteiger partial charge in [0.1, 0.15) is 5.82 Å². The highest BCUT2D eigenvalue weighted by atomic mass is 32.2. The summed E-state index contributed by atoms with van der Waals surface area (Å²) in [6, 6.07) is 4.71.